The van der Waals surface area contributed by atoms with E-state index in [9.17, 15) is 17.7 Å². The lowest BCUT2D eigenvalue weighted by Gasteiger charge is -2.15. The van der Waals surface area contributed by atoms with Gasteiger partial charge in [0.25, 0.3) is 5.91 Å². The van der Waals surface area contributed by atoms with Crippen LogP contribution in [0.5, 0.6) is 0 Å². The predicted molar refractivity (Wildman–Crippen MR) is 65.0 cm³/mol. The fourth-order valence-electron chi connectivity index (χ4n) is 1.57. The predicted octanol–water partition coefficient (Wildman–Crippen LogP) is 2.26. The van der Waals surface area contributed by atoms with Gasteiger partial charge in [0, 0.05) is 5.56 Å². The Bertz CT molecular complexity index is 567. The molecule has 0 atom stereocenters. The second kappa shape index (κ2) is 5.21. The van der Waals surface area contributed by atoms with E-state index >= 15 is 0 Å². The molecule has 1 aromatic carbocycles. The Morgan fingerprint density at radius 3 is 2.63 bits per heavy atom. The van der Waals surface area contributed by atoms with Crippen LogP contribution in [-0.2, 0) is 6.54 Å². The molecule has 0 saturated carbocycles. The summed E-state index contributed by atoms with van der Waals surface area (Å²) in [6, 6.07) is 7.67. The summed E-state index contributed by atoms with van der Waals surface area (Å²) >= 11 is 0. The van der Waals surface area contributed by atoms with E-state index in [1.165, 1.54) is 18.4 Å². The highest BCUT2D eigenvalue weighted by Crippen LogP contribution is 2.10. The first-order chi connectivity index (χ1) is 8.97. The van der Waals surface area contributed by atoms with E-state index in [0.29, 0.717) is 5.76 Å². The van der Waals surface area contributed by atoms with Crippen LogP contribution in [0, 0.1) is 0 Å². The van der Waals surface area contributed by atoms with Gasteiger partial charge >= 0.3 is 6.98 Å². The lowest BCUT2D eigenvalue weighted by Crippen LogP contribution is -2.35. The van der Waals surface area contributed by atoms with Crippen molar-refractivity contribution < 1.29 is 22.2 Å². The lowest BCUT2D eigenvalue weighted by atomic mass is 9.79. The zero-order valence-electron chi connectivity index (χ0n) is 9.78. The maximum atomic E-state index is 12.6. The summed E-state index contributed by atoms with van der Waals surface area (Å²) < 4.78 is 42.7. The minimum Gasteiger partial charge on any atom is -0.467 e. The standard InChI is InChI=1S/C12H10BF3NO2/c14-13(15,16)10-4-1-3-9(7-10)12(18)17-8-11-5-2-6-19-11/h1-7H,8H2,(H,17,18)/q-1. The van der Waals surface area contributed by atoms with Crippen molar-refractivity contribution in [2.24, 2.45) is 0 Å². The molecule has 3 nitrogen and oxygen atoms in total. The van der Waals surface area contributed by atoms with Gasteiger partial charge in [-0.25, -0.2) is 0 Å². The van der Waals surface area contributed by atoms with E-state index in [0.717, 1.165) is 12.1 Å². The average Bonchev–Trinajstić information content (AvgIpc) is 2.88. The highest BCUT2D eigenvalue weighted by atomic mass is 19.4. The van der Waals surface area contributed by atoms with Crippen LogP contribution in [0.2, 0.25) is 0 Å². The van der Waals surface area contributed by atoms with Crippen LogP contribution in [0.1, 0.15) is 16.1 Å². The molecule has 0 aliphatic rings. The van der Waals surface area contributed by atoms with Crippen molar-refractivity contribution in [3.8, 4) is 0 Å². The molecule has 0 aliphatic heterocycles. The number of hydrogen-bond donors (Lipinski definition) is 1. The molecule has 7 heteroatoms. The van der Waals surface area contributed by atoms with Gasteiger partial charge < -0.3 is 22.7 Å². The van der Waals surface area contributed by atoms with Gasteiger partial charge in [-0.2, -0.15) is 0 Å². The van der Waals surface area contributed by atoms with Crippen molar-refractivity contribution in [2.45, 2.75) is 6.54 Å². The topological polar surface area (TPSA) is 42.2 Å². The Kier molecular flexibility index (Phi) is 3.64. The number of halogens is 3. The smallest absolute Gasteiger partial charge is 0.467 e. The fourth-order valence-corrected chi connectivity index (χ4v) is 1.57. The second-order valence-electron chi connectivity index (χ2n) is 3.96. The summed E-state index contributed by atoms with van der Waals surface area (Å²) in [4.78, 5) is 11.7. The van der Waals surface area contributed by atoms with Crippen molar-refractivity contribution in [1.29, 1.82) is 0 Å². The molecule has 0 saturated heterocycles. The highest BCUT2D eigenvalue weighted by Gasteiger charge is 2.25. The summed E-state index contributed by atoms with van der Waals surface area (Å²) in [6.45, 7) is -4.97. The van der Waals surface area contributed by atoms with Crippen molar-refractivity contribution in [1.82, 2.24) is 5.32 Å². The van der Waals surface area contributed by atoms with Gasteiger partial charge in [0.15, 0.2) is 0 Å². The van der Waals surface area contributed by atoms with E-state index in [2.05, 4.69) is 5.32 Å². The highest BCUT2D eigenvalue weighted by molar-refractivity contribution is 6.73. The Hall–Kier alpha value is -2.18. The first-order valence-corrected chi connectivity index (χ1v) is 5.57. The molecule has 1 N–H and O–H groups in total. The van der Waals surface area contributed by atoms with Crippen LogP contribution in [-0.4, -0.2) is 12.9 Å². The Labute approximate surface area is 107 Å². The minimum atomic E-state index is -5.10. The molecule has 100 valence electrons. The molecule has 0 unspecified atom stereocenters. The normalized spacial score (nSPS) is 11.3. The number of furan rings is 1. The molecule has 0 spiro atoms. The second-order valence-corrected chi connectivity index (χ2v) is 3.96. The van der Waals surface area contributed by atoms with Crippen LogP contribution < -0.4 is 10.8 Å². The summed E-state index contributed by atoms with van der Waals surface area (Å²) in [5.41, 5.74) is -0.811. The van der Waals surface area contributed by atoms with Gasteiger partial charge in [0.1, 0.15) is 5.76 Å². The number of amides is 1. The molecule has 2 rings (SSSR count). The molecular weight excluding hydrogens is 258 g/mol. The van der Waals surface area contributed by atoms with E-state index in [1.807, 2.05) is 0 Å². The third-order valence-electron chi connectivity index (χ3n) is 2.53. The van der Waals surface area contributed by atoms with E-state index in [-0.39, 0.29) is 12.1 Å². The molecule has 1 heterocycles. The number of carbonyl (C=O) groups excluding carboxylic acids is 1. The van der Waals surface area contributed by atoms with Crippen LogP contribution in [0.15, 0.2) is 47.1 Å². The van der Waals surface area contributed by atoms with Gasteiger partial charge in [0.05, 0.1) is 12.8 Å². The third kappa shape index (κ3) is 3.40. The summed E-state index contributed by atoms with van der Waals surface area (Å²) in [5, 5.41) is 2.49. The van der Waals surface area contributed by atoms with Crippen LogP contribution in [0.25, 0.3) is 0 Å². The Morgan fingerprint density at radius 2 is 2.00 bits per heavy atom. The summed E-state index contributed by atoms with van der Waals surface area (Å²) in [7, 11) is 0. The van der Waals surface area contributed by atoms with Gasteiger partial charge in [-0.3, -0.25) is 4.79 Å². The largest absolute Gasteiger partial charge is 0.509 e. The number of benzene rings is 1. The summed E-state index contributed by atoms with van der Waals surface area (Å²) in [5.74, 6) is -0.0390. The van der Waals surface area contributed by atoms with Gasteiger partial charge in [-0.15, -0.1) is 5.46 Å². The quantitative estimate of drug-likeness (QED) is 0.864. The van der Waals surface area contributed by atoms with Crippen molar-refractivity contribution in [3.63, 3.8) is 0 Å². The molecule has 2 aromatic rings. The van der Waals surface area contributed by atoms with Crippen LogP contribution >= 0.6 is 0 Å². The van der Waals surface area contributed by atoms with Gasteiger partial charge in [-0.1, -0.05) is 18.2 Å². The molecule has 19 heavy (non-hydrogen) atoms. The average molecular weight is 268 g/mol. The SMILES string of the molecule is O=C(NCc1ccco1)c1cccc([B-](F)(F)F)c1. The Morgan fingerprint density at radius 1 is 1.21 bits per heavy atom. The number of hydrogen-bond acceptors (Lipinski definition) is 2. The van der Waals surface area contributed by atoms with E-state index in [4.69, 9.17) is 4.42 Å². The van der Waals surface area contributed by atoms with Crippen LogP contribution in [0.4, 0.5) is 12.9 Å². The van der Waals surface area contributed by atoms with E-state index in [1.54, 1.807) is 12.1 Å². The van der Waals surface area contributed by atoms with Crippen molar-refractivity contribution in [2.75, 3.05) is 0 Å². The summed E-state index contributed by atoms with van der Waals surface area (Å²) in [6.07, 6.45) is 1.45. The molecule has 0 radical (unpaired) electrons. The Balaban J connectivity index is 2.07. The molecular formula is C12H10BF3NO2-. The number of nitrogens with one attached hydrogen (secondary N) is 1. The van der Waals surface area contributed by atoms with Crippen molar-refractivity contribution in [3.05, 3.63) is 54.0 Å². The first-order valence-electron chi connectivity index (χ1n) is 5.57. The molecule has 0 aliphatic carbocycles. The third-order valence-corrected chi connectivity index (χ3v) is 2.53. The fraction of sp³-hybridized carbons (Fsp3) is 0.0833. The zero-order chi connectivity index (χ0) is 13.9. The molecule has 0 bridgehead atoms. The molecule has 0 fully saturated rings. The van der Waals surface area contributed by atoms with Gasteiger partial charge in [-0.05, 0) is 18.2 Å². The number of rotatable bonds is 4. The molecule has 1 aromatic heterocycles. The minimum absolute atomic E-state index is 0.0248. The van der Waals surface area contributed by atoms with E-state index < -0.39 is 18.3 Å². The van der Waals surface area contributed by atoms with Crippen LogP contribution in [0.3, 0.4) is 0 Å². The first kappa shape index (κ1) is 13.3. The monoisotopic (exact) mass is 268 g/mol. The number of carbonyl (C=O) groups is 1. The zero-order valence-corrected chi connectivity index (χ0v) is 9.78. The molecule has 1 amide bonds. The van der Waals surface area contributed by atoms with Crippen molar-refractivity contribution >= 4 is 18.3 Å². The maximum Gasteiger partial charge on any atom is 0.509 e. The van der Waals surface area contributed by atoms with Gasteiger partial charge in [0.2, 0.25) is 0 Å². The maximum absolute atomic E-state index is 12.6. The lowest BCUT2D eigenvalue weighted by molar-refractivity contribution is 0.0948.